The molecular formula is C19H23N5O3S. The number of aryl methyl sites for hydroxylation is 2. The number of benzene rings is 1. The molecule has 1 aromatic carbocycles. The van der Waals surface area contributed by atoms with Crippen LogP contribution in [0.15, 0.2) is 29.2 Å². The predicted molar refractivity (Wildman–Crippen MR) is 104 cm³/mol. The third-order valence-electron chi connectivity index (χ3n) is 4.83. The number of hydrogen-bond donors (Lipinski definition) is 1. The van der Waals surface area contributed by atoms with Crippen molar-refractivity contribution in [3.63, 3.8) is 0 Å². The Bertz CT molecular complexity index is 1010. The minimum Gasteiger partial charge on any atom is -0.326 e. The lowest BCUT2D eigenvalue weighted by Gasteiger charge is -2.15. The van der Waals surface area contributed by atoms with Gasteiger partial charge in [-0.3, -0.25) is 9.48 Å². The van der Waals surface area contributed by atoms with Gasteiger partial charge in [0.1, 0.15) is 4.90 Å². The third kappa shape index (κ3) is 4.08. The van der Waals surface area contributed by atoms with Crippen LogP contribution in [0.3, 0.4) is 0 Å². The zero-order chi connectivity index (χ0) is 20.3. The van der Waals surface area contributed by atoms with Gasteiger partial charge in [0.05, 0.1) is 29.6 Å². The molecule has 1 fully saturated rings. The average molecular weight is 401 g/mol. The Balaban J connectivity index is 1.68. The molecule has 1 amide bonds. The molecule has 0 unspecified atom stereocenters. The number of amides is 1. The highest BCUT2D eigenvalue weighted by atomic mass is 32.2. The van der Waals surface area contributed by atoms with Gasteiger partial charge in [0.2, 0.25) is 15.9 Å². The van der Waals surface area contributed by atoms with E-state index in [0.717, 1.165) is 12.8 Å². The smallest absolute Gasteiger partial charge is 0.246 e. The van der Waals surface area contributed by atoms with Crippen molar-refractivity contribution in [2.24, 2.45) is 0 Å². The van der Waals surface area contributed by atoms with Gasteiger partial charge in [-0.15, -0.1) is 0 Å². The molecule has 2 heterocycles. The van der Waals surface area contributed by atoms with Crippen LogP contribution in [-0.2, 0) is 21.4 Å². The maximum atomic E-state index is 12.9. The fourth-order valence-electron chi connectivity index (χ4n) is 3.39. The lowest BCUT2D eigenvalue weighted by molar-refractivity contribution is -0.116. The molecule has 28 heavy (non-hydrogen) atoms. The summed E-state index contributed by atoms with van der Waals surface area (Å²) in [5.74, 6) is -0.207. The molecule has 0 aliphatic carbocycles. The molecule has 0 spiro atoms. The Morgan fingerprint density at radius 2 is 1.86 bits per heavy atom. The molecule has 1 aliphatic rings. The normalized spacial score (nSPS) is 14.8. The summed E-state index contributed by atoms with van der Waals surface area (Å²) in [5, 5.41) is 15.9. The van der Waals surface area contributed by atoms with Crippen LogP contribution in [0.25, 0.3) is 0 Å². The summed E-state index contributed by atoms with van der Waals surface area (Å²) in [5.41, 5.74) is 2.13. The molecule has 1 aromatic heterocycles. The van der Waals surface area contributed by atoms with Crippen LogP contribution in [-0.4, -0.2) is 41.5 Å². The first-order chi connectivity index (χ1) is 13.3. The molecule has 1 aliphatic heterocycles. The molecule has 8 nitrogen and oxygen atoms in total. The SMILES string of the molecule is Cc1nn(CCC(=O)Nc2ccc(C#N)cc2)c(C)c1S(=O)(=O)N1CCCC1. The number of sulfonamides is 1. The lowest BCUT2D eigenvalue weighted by Crippen LogP contribution is -2.28. The van der Waals surface area contributed by atoms with Gasteiger partial charge in [-0.2, -0.15) is 14.7 Å². The quantitative estimate of drug-likeness (QED) is 0.798. The largest absolute Gasteiger partial charge is 0.326 e. The van der Waals surface area contributed by atoms with E-state index in [0.29, 0.717) is 35.7 Å². The monoisotopic (exact) mass is 401 g/mol. The van der Waals surface area contributed by atoms with Crippen LogP contribution in [0.2, 0.25) is 0 Å². The Hall–Kier alpha value is -2.70. The van der Waals surface area contributed by atoms with Gasteiger partial charge in [-0.05, 0) is 51.0 Å². The molecule has 3 rings (SSSR count). The van der Waals surface area contributed by atoms with E-state index in [1.807, 2.05) is 6.07 Å². The maximum Gasteiger partial charge on any atom is 0.246 e. The summed E-state index contributed by atoms with van der Waals surface area (Å²) in [6.45, 7) is 4.77. The summed E-state index contributed by atoms with van der Waals surface area (Å²) < 4.78 is 28.9. The van der Waals surface area contributed by atoms with Crippen molar-refractivity contribution in [3.8, 4) is 6.07 Å². The van der Waals surface area contributed by atoms with Gasteiger partial charge in [0.15, 0.2) is 0 Å². The Morgan fingerprint density at radius 3 is 2.46 bits per heavy atom. The molecule has 0 atom stereocenters. The van der Waals surface area contributed by atoms with Crippen LogP contribution in [0, 0.1) is 25.2 Å². The van der Waals surface area contributed by atoms with E-state index in [2.05, 4.69) is 10.4 Å². The van der Waals surface area contributed by atoms with Crippen molar-refractivity contribution in [1.29, 1.82) is 5.26 Å². The number of nitrogens with one attached hydrogen (secondary N) is 1. The van der Waals surface area contributed by atoms with Crippen molar-refractivity contribution < 1.29 is 13.2 Å². The van der Waals surface area contributed by atoms with E-state index in [1.165, 1.54) is 4.31 Å². The van der Waals surface area contributed by atoms with Crippen molar-refractivity contribution in [2.45, 2.75) is 44.6 Å². The molecule has 0 saturated carbocycles. The molecule has 148 valence electrons. The zero-order valence-electron chi connectivity index (χ0n) is 16.0. The molecular weight excluding hydrogens is 378 g/mol. The number of rotatable bonds is 6. The van der Waals surface area contributed by atoms with E-state index >= 15 is 0 Å². The predicted octanol–water partition coefficient (Wildman–Crippen LogP) is 2.18. The number of aromatic nitrogens is 2. The van der Waals surface area contributed by atoms with E-state index in [4.69, 9.17) is 5.26 Å². The lowest BCUT2D eigenvalue weighted by atomic mass is 10.2. The fourth-order valence-corrected chi connectivity index (χ4v) is 5.28. The van der Waals surface area contributed by atoms with Crippen LogP contribution in [0.1, 0.15) is 36.2 Å². The molecule has 9 heteroatoms. The Labute approximate surface area is 164 Å². The first-order valence-electron chi connectivity index (χ1n) is 9.17. The second kappa shape index (κ2) is 8.12. The summed E-state index contributed by atoms with van der Waals surface area (Å²) in [7, 11) is -3.55. The van der Waals surface area contributed by atoms with E-state index in [1.54, 1.807) is 42.8 Å². The summed E-state index contributed by atoms with van der Waals surface area (Å²) in [6.07, 6.45) is 1.91. The average Bonchev–Trinajstić information content (AvgIpc) is 3.29. The highest BCUT2D eigenvalue weighted by Gasteiger charge is 2.32. The van der Waals surface area contributed by atoms with Crippen molar-refractivity contribution in [2.75, 3.05) is 18.4 Å². The number of carbonyl (C=O) groups excluding carboxylic acids is 1. The van der Waals surface area contributed by atoms with Crippen molar-refractivity contribution >= 4 is 21.6 Å². The van der Waals surface area contributed by atoms with Crippen molar-refractivity contribution in [3.05, 3.63) is 41.2 Å². The van der Waals surface area contributed by atoms with Gasteiger partial charge in [0.25, 0.3) is 0 Å². The summed E-state index contributed by atoms with van der Waals surface area (Å²) in [4.78, 5) is 12.5. The zero-order valence-corrected chi connectivity index (χ0v) is 16.8. The standard InChI is InChI=1S/C19H23N5O3S/c1-14-19(28(26,27)23-10-3-4-11-23)15(2)24(22-14)12-9-18(25)21-17-7-5-16(13-20)6-8-17/h5-8H,3-4,9-12H2,1-2H3,(H,21,25). The summed E-state index contributed by atoms with van der Waals surface area (Å²) in [6, 6.07) is 8.62. The van der Waals surface area contributed by atoms with Crippen LogP contribution in [0.5, 0.6) is 0 Å². The third-order valence-corrected chi connectivity index (χ3v) is 6.98. The molecule has 2 aromatic rings. The minimum atomic E-state index is -3.55. The van der Waals surface area contributed by atoms with Gasteiger partial charge >= 0.3 is 0 Å². The number of nitrogens with zero attached hydrogens (tertiary/aromatic N) is 4. The number of hydrogen-bond acceptors (Lipinski definition) is 5. The van der Waals surface area contributed by atoms with Gasteiger partial charge in [-0.25, -0.2) is 8.42 Å². The first-order valence-corrected chi connectivity index (χ1v) is 10.6. The molecule has 1 N–H and O–H groups in total. The molecule has 0 bridgehead atoms. The topological polar surface area (TPSA) is 108 Å². The summed E-state index contributed by atoms with van der Waals surface area (Å²) >= 11 is 0. The van der Waals surface area contributed by atoms with E-state index in [9.17, 15) is 13.2 Å². The van der Waals surface area contributed by atoms with Crippen molar-refractivity contribution in [1.82, 2.24) is 14.1 Å². The maximum absolute atomic E-state index is 12.9. The fraction of sp³-hybridized carbons (Fsp3) is 0.421. The molecule has 1 saturated heterocycles. The van der Waals surface area contributed by atoms with Gasteiger partial charge in [-0.1, -0.05) is 0 Å². The second-order valence-electron chi connectivity index (χ2n) is 6.82. The highest BCUT2D eigenvalue weighted by molar-refractivity contribution is 7.89. The van der Waals surface area contributed by atoms with Gasteiger partial charge in [0, 0.05) is 25.2 Å². The van der Waals surface area contributed by atoms with Crippen LogP contribution >= 0.6 is 0 Å². The van der Waals surface area contributed by atoms with Gasteiger partial charge < -0.3 is 5.32 Å². The Morgan fingerprint density at radius 1 is 1.21 bits per heavy atom. The van der Waals surface area contributed by atoms with E-state index in [-0.39, 0.29) is 23.8 Å². The minimum absolute atomic E-state index is 0.158. The number of anilines is 1. The van der Waals surface area contributed by atoms with Crippen LogP contribution in [0.4, 0.5) is 5.69 Å². The Kier molecular flexibility index (Phi) is 5.82. The highest BCUT2D eigenvalue weighted by Crippen LogP contribution is 2.26. The first kappa shape index (κ1) is 20.0. The molecule has 0 radical (unpaired) electrons. The number of nitriles is 1. The van der Waals surface area contributed by atoms with E-state index < -0.39 is 10.0 Å². The second-order valence-corrected chi connectivity index (χ2v) is 8.70. The number of carbonyl (C=O) groups is 1. The van der Waals surface area contributed by atoms with Crippen LogP contribution < -0.4 is 5.32 Å².